The molecular weight excluding hydrogens is 337 g/mol. The van der Waals surface area contributed by atoms with Gasteiger partial charge in [-0.25, -0.2) is 0 Å². The minimum Gasteiger partial charge on any atom is -0.423 e. The molecule has 0 radical (unpaired) electrons. The molecule has 4 nitrogen and oxygen atoms in total. The number of halogens is 2. The second kappa shape index (κ2) is 5.78. The van der Waals surface area contributed by atoms with Gasteiger partial charge in [0.05, 0.1) is 0 Å². The van der Waals surface area contributed by atoms with Gasteiger partial charge in [0.15, 0.2) is 10.7 Å². The molecule has 3 heterocycles. The number of hydrogen-bond donors (Lipinski definition) is 1. The number of rotatable bonds is 2. The van der Waals surface area contributed by atoms with Crippen molar-refractivity contribution in [3.05, 3.63) is 34.4 Å². The second-order valence-corrected chi connectivity index (χ2v) is 7.12. The van der Waals surface area contributed by atoms with Crippen molar-refractivity contribution in [1.29, 1.82) is 0 Å². The summed E-state index contributed by atoms with van der Waals surface area (Å²) in [6.07, 6.45) is 0. The van der Waals surface area contributed by atoms with E-state index in [0.29, 0.717) is 28.2 Å². The predicted octanol–water partition coefficient (Wildman–Crippen LogP) is 4.15. The lowest BCUT2D eigenvalue weighted by molar-refractivity contribution is 0.456. The molecule has 0 aliphatic carbocycles. The average molecular weight is 352 g/mol. The predicted molar refractivity (Wildman–Crippen MR) is 92.0 cm³/mol. The van der Waals surface area contributed by atoms with Gasteiger partial charge in [-0.15, -0.1) is 11.3 Å². The zero-order valence-electron chi connectivity index (χ0n) is 12.5. The first-order chi connectivity index (χ1) is 11.1. The Morgan fingerprint density at radius 2 is 2.30 bits per heavy atom. The van der Waals surface area contributed by atoms with E-state index in [2.05, 4.69) is 22.1 Å². The number of piperazine rings is 1. The molecular formula is C16H15ClFN3OS. The Labute approximate surface area is 141 Å². The van der Waals surface area contributed by atoms with Crippen LogP contribution in [0.5, 0.6) is 0 Å². The number of anilines is 1. The van der Waals surface area contributed by atoms with Gasteiger partial charge >= 0.3 is 0 Å². The summed E-state index contributed by atoms with van der Waals surface area (Å²) in [5.41, 5.74) is 2.13. The van der Waals surface area contributed by atoms with E-state index >= 15 is 0 Å². The molecule has 0 saturated carbocycles. The molecule has 2 aromatic heterocycles. The highest BCUT2D eigenvalue weighted by molar-refractivity contribution is 7.14. The van der Waals surface area contributed by atoms with Gasteiger partial charge in [0, 0.05) is 41.1 Å². The average Bonchev–Trinajstić information content (AvgIpc) is 3.13. The van der Waals surface area contributed by atoms with E-state index in [1.54, 1.807) is 18.2 Å². The molecule has 1 fully saturated rings. The Kier molecular flexibility index (Phi) is 3.75. The summed E-state index contributed by atoms with van der Waals surface area (Å²) in [6.45, 7) is 4.75. The van der Waals surface area contributed by atoms with Gasteiger partial charge in [0.1, 0.15) is 5.52 Å². The highest BCUT2D eigenvalue weighted by atomic mass is 35.5. The third-order valence-corrected chi connectivity index (χ3v) is 5.15. The molecule has 4 rings (SSSR count). The van der Waals surface area contributed by atoms with Gasteiger partial charge in [0.2, 0.25) is 0 Å². The number of thiophene rings is 1. The SMILES string of the molecule is CC1CNCCN1c1nc2cc(Cl)cc(-c3ccc(F)s3)c2o1. The molecule has 120 valence electrons. The Hall–Kier alpha value is -1.63. The maximum Gasteiger partial charge on any atom is 0.298 e. The molecule has 1 saturated heterocycles. The Bertz CT molecular complexity index is 862. The maximum absolute atomic E-state index is 13.4. The third-order valence-electron chi connectivity index (χ3n) is 4.03. The largest absolute Gasteiger partial charge is 0.423 e. The number of fused-ring (bicyclic) bond motifs is 1. The molecule has 1 N–H and O–H groups in total. The van der Waals surface area contributed by atoms with Crippen molar-refractivity contribution >= 4 is 40.1 Å². The monoisotopic (exact) mass is 351 g/mol. The molecule has 0 bridgehead atoms. The third kappa shape index (κ3) is 2.71. The van der Waals surface area contributed by atoms with Crippen molar-refractivity contribution in [2.24, 2.45) is 0 Å². The molecule has 1 aliphatic heterocycles. The van der Waals surface area contributed by atoms with E-state index in [-0.39, 0.29) is 5.13 Å². The van der Waals surface area contributed by atoms with Gasteiger partial charge < -0.3 is 14.6 Å². The minimum atomic E-state index is -0.233. The number of nitrogens with one attached hydrogen (secondary N) is 1. The van der Waals surface area contributed by atoms with Crippen LogP contribution in [-0.4, -0.2) is 30.7 Å². The van der Waals surface area contributed by atoms with Crippen LogP contribution in [0.3, 0.4) is 0 Å². The molecule has 1 unspecified atom stereocenters. The Morgan fingerprint density at radius 1 is 1.43 bits per heavy atom. The molecule has 1 aliphatic rings. The topological polar surface area (TPSA) is 41.3 Å². The quantitative estimate of drug-likeness (QED) is 0.753. The molecule has 1 aromatic carbocycles. The van der Waals surface area contributed by atoms with E-state index in [1.165, 1.54) is 6.07 Å². The second-order valence-electron chi connectivity index (χ2n) is 5.65. The lowest BCUT2D eigenvalue weighted by Gasteiger charge is -2.32. The zero-order valence-corrected chi connectivity index (χ0v) is 14.0. The van der Waals surface area contributed by atoms with Crippen molar-refractivity contribution in [3.63, 3.8) is 0 Å². The van der Waals surface area contributed by atoms with E-state index in [9.17, 15) is 4.39 Å². The summed E-state index contributed by atoms with van der Waals surface area (Å²) in [7, 11) is 0. The zero-order chi connectivity index (χ0) is 16.0. The summed E-state index contributed by atoms with van der Waals surface area (Å²) >= 11 is 7.28. The van der Waals surface area contributed by atoms with Gasteiger partial charge in [-0.1, -0.05) is 11.6 Å². The highest BCUT2D eigenvalue weighted by Gasteiger charge is 2.24. The normalized spacial score (nSPS) is 18.7. The molecule has 23 heavy (non-hydrogen) atoms. The fourth-order valence-corrected chi connectivity index (χ4v) is 3.83. The van der Waals surface area contributed by atoms with E-state index < -0.39 is 0 Å². The summed E-state index contributed by atoms with van der Waals surface area (Å²) in [4.78, 5) is 7.52. The van der Waals surface area contributed by atoms with Crippen LogP contribution < -0.4 is 10.2 Å². The van der Waals surface area contributed by atoms with E-state index in [4.69, 9.17) is 16.0 Å². The van der Waals surface area contributed by atoms with E-state index in [1.807, 2.05) is 0 Å². The summed E-state index contributed by atoms with van der Waals surface area (Å²) in [5, 5.41) is 3.68. The molecule has 1 atom stereocenters. The van der Waals surface area contributed by atoms with Crippen LogP contribution in [0, 0.1) is 5.13 Å². The maximum atomic E-state index is 13.4. The van der Waals surface area contributed by atoms with Crippen LogP contribution >= 0.6 is 22.9 Å². The first-order valence-corrected chi connectivity index (χ1v) is 8.64. The van der Waals surface area contributed by atoms with Crippen LogP contribution in [0.4, 0.5) is 10.4 Å². The number of hydrogen-bond acceptors (Lipinski definition) is 5. The van der Waals surface area contributed by atoms with Crippen molar-refractivity contribution in [1.82, 2.24) is 10.3 Å². The number of nitrogens with zero attached hydrogens (tertiary/aromatic N) is 2. The Morgan fingerprint density at radius 3 is 3.04 bits per heavy atom. The molecule has 7 heteroatoms. The first-order valence-electron chi connectivity index (χ1n) is 7.45. The Balaban J connectivity index is 1.84. The standard InChI is InChI=1S/C16H15ClFN3OS/c1-9-8-19-4-5-21(9)16-20-12-7-10(17)6-11(15(12)22-16)13-2-3-14(18)23-13/h2-3,6-7,9,19H,4-5,8H2,1H3. The molecule has 0 amide bonds. The summed E-state index contributed by atoms with van der Waals surface area (Å²) in [6, 6.07) is 7.66. The molecule has 3 aromatic rings. The summed E-state index contributed by atoms with van der Waals surface area (Å²) in [5.74, 6) is 0. The van der Waals surface area contributed by atoms with Gasteiger partial charge in [-0.05, 0) is 31.2 Å². The number of oxazole rings is 1. The van der Waals surface area contributed by atoms with Crippen LogP contribution in [-0.2, 0) is 0 Å². The van der Waals surface area contributed by atoms with Crippen LogP contribution in [0.1, 0.15) is 6.92 Å². The highest BCUT2D eigenvalue weighted by Crippen LogP contribution is 2.37. The van der Waals surface area contributed by atoms with Crippen molar-refractivity contribution in [3.8, 4) is 10.4 Å². The van der Waals surface area contributed by atoms with Crippen molar-refractivity contribution in [2.75, 3.05) is 24.5 Å². The number of aromatic nitrogens is 1. The fraction of sp³-hybridized carbons (Fsp3) is 0.312. The lowest BCUT2D eigenvalue weighted by Crippen LogP contribution is -2.50. The van der Waals surface area contributed by atoms with Gasteiger partial charge in [-0.3, -0.25) is 0 Å². The summed E-state index contributed by atoms with van der Waals surface area (Å²) < 4.78 is 19.4. The van der Waals surface area contributed by atoms with Crippen LogP contribution in [0.25, 0.3) is 21.5 Å². The van der Waals surface area contributed by atoms with Gasteiger partial charge in [0.25, 0.3) is 6.01 Å². The van der Waals surface area contributed by atoms with Crippen molar-refractivity contribution < 1.29 is 8.81 Å². The smallest absolute Gasteiger partial charge is 0.298 e. The fourth-order valence-electron chi connectivity index (χ4n) is 2.88. The van der Waals surface area contributed by atoms with Crippen molar-refractivity contribution in [2.45, 2.75) is 13.0 Å². The van der Waals surface area contributed by atoms with Gasteiger partial charge in [-0.2, -0.15) is 9.37 Å². The van der Waals surface area contributed by atoms with E-state index in [0.717, 1.165) is 41.4 Å². The van der Waals surface area contributed by atoms with Crippen LogP contribution in [0.15, 0.2) is 28.7 Å². The molecule has 0 spiro atoms. The minimum absolute atomic E-state index is 0.233. The van der Waals surface area contributed by atoms with Crippen LogP contribution in [0.2, 0.25) is 5.02 Å². The number of benzene rings is 1. The first kappa shape index (κ1) is 14.9. The lowest BCUT2D eigenvalue weighted by atomic mass is 10.1.